The number of benzene rings is 1. The lowest BCUT2D eigenvalue weighted by molar-refractivity contribution is -0.141. The van der Waals surface area contributed by atoms with Crippen LogP contribution in [0.25, 0.3) is 10.9 Å². The van der Waals surface area contributed by atoms with Crippen molar-refractivity contribution in [3.8, 4) is 0 Å². The first kappa shape index (κ1) is 17.1. The fourth-order valence-corrected chi connectivity index (χ4v) is 2.81. The van der Waals surface area contributed by atoms with Crippen LogP contribution in [-0.4, -0.2) is 28.5 Å². The summed E-state index contributed by atoms with van der Waals surface area (Å²) < 4.78 is 0. The summed E-state index contributed by atoms with van der Waals surface area (Å²) >= 11 is 0. The molecule has 3 N–H and O–H groups in total. The number of hydrogen-bond acceptors (Lipinski definition) is 2. The van der Waals surface area contributed by atoms with E-state index >= 15 is 0 Å². The number of carboxylic acid groups (broad SMARTS) is 1. The van der Waals surface area contributed by atoms with E-state index in [-0.39, 0.29) is 12.5 Å². The van der Waals surface area contributed by atoms with Crippen molar-refractivity contribution in [3.05, 3.63) is 35.5 Å². The Hall–Kier alpha value is -2.30. The van der Waals surface area contributed by atoms with Crippen LogP contribution in [0.3, 0.4) is 0 Å². The molecule has 2 rings (SSSR count). The highest BCUT2D eigenvalue weighted by Crippen LogP contribution is 2.22. The van der Waals surface area contributed by atoms with Crippen molar-refractivity contribution in [1.82, 2.24) is 10.3 Å². The predicted octanol–water partition coefficient (Wildman–Crippen LogP) is 3.03. The highest BCUT2D eigenvalue weighted by molar-refractivity contribution is 5.86. The molecule has 124 valence electrons. The molecule has 1 unspecified atom stereocenters. The topological polar surface area (TPSA) is 82.2 Å². The van der Waals surface area contributed by atoms with Gasteiger partial charge in [0.2, 0.25) is 5.91 Å². The summed E-state index contributed by atoms with van der Waals surface area (Å²) in [5, 5.41) is 13.0. The van der Waals surface area contributed by atoms with Gasteiger partial charge in [-0.1, -0.05) is 31.5 Å². The highest BCUT2D eigenvalue weighted by Gasteiger charge is 2.17. The summed E-state index contributed by atoms with van der Waals surface area (Å²) in [6, 6.07) is 6.11. The number of carbonyl (C=O) groups is 2. The SMILES string of the molecule is CCCC(CNC(=O)CCc1c[nH]c2c(C)cccc12)C(=O)O. The minimum absolute atomic E-state index is 0.102. The second kappa shape index (κ2) is 7.81. The Morgan fingerprint density at radius 1 is 1.35 bits per heavy atom. The second-order valence-electron chi connectivity index (χ2n) is 5.94. The molecule has 0 fully saturated rings. The number of carboxylic acids is 1. The number of hydrogen-bond donors (Lipinski definition) is 3. The third-order valence-corrected chi connectivity index (χ3v) is 4.16. The van der Waals surface area contributed by atoms with Gasteiger partial charge in [-0.3, -0.25) is 9.59 Å². The van der Waals surface area contributed by atoms with Crippen LogP contribution < -0.4 is 5.32 Å². The lowest BCUT2D eigenvalue weighted by atomic mass is 10.0. The predicted molar refractivity (Wildman–Crippen MR) is 90.4 cm³/mol. The van der Waals surface area contributed by atoms with E-state index in [0.29, 0.717) is 19.3 Å². The van der Waals surface area contributed by atoms with Crippen LogP contribution in [0, 0.1) is 12.8 Å². The smallest absolute Gasteiger partial charge is 0.308 e. The fraction of sp³-hybridized carbons (Fsp3) is 0.444. The molecule has 2 aromatic rings. The monoisotopic (exact) mass is 316 g/mol. The van der Waals surface area contributed by atoms with Gasteiger partial charge in [-0.25, -0.2) is 0 Å². The molecule has 5 nitrogen and oxygen atoms in total. The lowest BCUT2D eigenvalue weighted by Gasteiger charge is -2.12. The average molecular weight is 316 g/mol. The Bertz CT molecular complexity index is 691. The molecule has 0 aliphatic heterocycles. The van der Waals surface area contributed by atoms with Crippen LogP contribution in [0.1, 0.15) is 37.3 Å². The highest BCUT2D eigenvalue weighted by atomic mass is 16.4. The zero-order valence-corrected chi connectivity index (χ0v) is 13.7. The number of para-hydroxylation sites is 1. The number of rotatable bonds is 8. The van der Waals surface area contributed by atoms with Crippen molar-refractivity contribution in [1.29, 1.82) is 0 Å². The number of carbonyl (C=O) groups excluding carboxylic acids is 1. The lowest BCUT2D eigenvalue weighted by Crippen LogP contribution is -2.33. The van der Waals surface area contributed by atoms with E-state index in [0.717, 1.165) is 22.9 Å². The largest absolute Gasteiger partial charge is 0.481 e. The molecule has 0 spiro atoms. The van der Waals surface area contributed by atoms with Crippen LogP contribution in [0.15, 0.2) is 24.4 Å². The summed E-state index contributed by atoms with van der Waals surface area (Å²) in [7, 11) is 0. The summed E-state index contributed by atoms with van der Waals surface area (Å²) in [5.41, 5.74) is 3.40. The van der Waals surface area contributed by atoms with Crippen molar-refractivity contribution in [2.45, 2.75) is 39.5 Å². The molecule has 5 heteroatoms. The molecule has 0 aliphatic carbocycles. The maximum absolute atomic E-state index is 12.0. The molecule has 0 aliphatic rings. The van der Waals surface area contributed by atoms with E-state index in [4.69, 9.17) is 5.11 Å². The Kier molecular flexibility index (Phi) is 5.79. The van der Waals surface area contributed by atoms with Crippen molar-refractivity contribution in [2.24, 2.45) is 5.92 Å². The van der Waals surface area contributed by atoms with Gasteiger partial charge < -0.3 is 15.4 Å². The number of amides is 1. The van der Waals surface area contributed by atoms with E-state index in [1.165, 1.54) is 5.56 Å². The quantitative estimate of drug-likeness (QED) is 0.700. The second-order valence-corrected chi connectivity index (χ2v) is 5.94. The van der Waals surface area contributed by atoms with Gasteiger partial charge in [0.05, 0.1) is 5.92 Å². The zero-order valence-electron chi connectivity index (χ0n) is 13.7. The van der Waals surface area contributed by atoms with Crippen LogP contribution in [0.2, 0.25) is 0 Å². The molecule has 1 atom stereocenters. The van der Waals surface area contributed by atoms with Crippen molar-refractivity contribution >= 4 is 22.8 Å². The van der Waals surface area contributed by atoms with E-state index in [9.17, 15) is 9.59 Å². The first-order valence-corrected chi connectivity index (χ1v) is 8.08. The van der Waals surface area contributed by atoms with Gasteiger partial charge in [0.15, 0.2) is 0 Å². The first-order valence-electron chi connectivity index (χ1n) is 8.08. The molecular formula is C18H24N2O3. The molecule has 0 radical (unpaired) electrons. The molecule has 1 heterocycles. The normalized spacial score (nSPS) is 12.3. The molecule has 1 aromatic heterocycles. The molecule has 1 amide bonds. The molecule has 23 heavy (non-hydrogen) atoms. The van der Waals surface area contributed by atoms with Crippen LogP contribution in [0.5, 0.6) is 0 Å². The van der Waals surface area contributed by atoms with Crippen molar-refractivity contribution in [3.63, 3.8) is 0 Å². The number of H-pyrrole nitrogens is 1. The van der Waals surface area contributed by atoms with E-state index in [1.54, 1.807) is 0 Å². The molecule has 0 saturated heterocycles. The fourth-order valence-electron chi connectivity index (χ4n) is 2.81. The van der Waals surface area contributed by atoms with E-state index in [1.807, 2.05) is 25.3 Å². The third kappa shape index (κ3) is 4.34. The number of aryl methyl sites for hydroxylation is 2. The van der Waals surface area contributed by atoms with Crippen molar-refractivity contribution < 1.29 is 14.7 Å². The van der Waals surface area contributed by atoms with E-state index in [2.05, 4.69) is 23.3 Å². The van der Waals surface area contributed by atoms with Gasteiger partial charge >= 0.3 is 5.97 Å². The zero-order chi connectivity index (χ0) is 16.8. The third-order valence-electron chi connectivity index (χ3n) is 4.16. The Balaban J connectivity index is 1.88. The molecule has 0 saturated carbocycles. The Labute approximate surface area is 136 Å². The summed E-state index contributed by atoms with van der Waals surface area (Å²) in [4.78, 5) is 26.3. The summed E-state index contributed by atoms with van der Waals surface area (Å²) in [6.07, 6.45) is 4.32. The maximum atomic E-state index is 12.0. The summed E-state index contributed by atoms with van der Waals surface area (Å²) in [5.74, 6) is -1.45. The van der Waals surface area contributed by atoms with Gasteiger partial charge in [0.1, 0.15) is 0 Å². The van der Waals surface area contributed by atoms with Gasteiger partial charge in [-0.15, -0.1) is 0 Å². The average Bonchev–Trinajstić information content (AvgIpc) is 2.93. The van der Waals surface area contributed by atoms with E-state index < -0.39 is 11.9 Å². The summed E-state index contributed by atoms with van der Waals surface area (Å²) in [6.45, 7) is 4.20. The molecular weight excluding hydrogens is 292 g/mol. The number of fused-ring (bicyclic) bond motifs is 1. The number of aromatic amines is 1. The van der Waals surface area contributed by atoms with Gasteiger partial charge in [0.25, 0.3) is 0 Å². The molecule has 0 bridgehead atoms. The number of aliphatic carboxylic acids is 1. The van der Waals surface area contributed by atoms with Gasteiger partial charge in [-0.2, -0.15) is 0 Å². The number of nitrogens with one attached hydrogen (secondary N) is 2. The Morgan fingerprint density at radius 2 is 2.13 bits per heavy atom. The van der Waals surface area contributed by atoms with Gasteiger partial charge in [0, 0.05) is 30.1 Å². The van der Waals surface area contributed by atoms with Crippen LogP contribution in [-0.2, 0) is 16.0 Å². The number of aromatic nitrogens is 1. The van der Waals surface area contributed by atoms with Crippen molar-refractivity contribution in [2.75, 3.05) is 6.54 Å². The van der Waals surface area contributed by atoms with Crippen LogP contribution in [0.4, 0.5) is 0 Å². The molecule has 1 aromatic carbocycles. The minimum Gasteiger partial charge on any atom is -0.481 e. The Morgan fingerprint density at radius 3 is 2.83 bits per heavy atom. The van der Waals surface area contributed by atoms with Crippen LogP contribution >= 0.6 is 0 Å². The standard InChI is InChI=1S/C18H24N2O3/c1-3-5-14(18(22)23)11-19-16(21)9-8-13-10-20-17-12(2)6-4-7-15(13)17/h4,6-7,10,14,20H,3,5,8-9,11H2,1-2H3,(H,19,21)(H,22,23). The minimum atomic E-state index is -0.848. The first-order chi connectivity index (χ1) is 11.0. The van der Waals surface area contributed by atoms with Gasteiger partial charge in [-0.05, 0) is 30.9 Å². The maximum Gasteiger partial charge on any atom is 0.308 e.